The van der Waals surface area contributed by atoms with Gasteiger partial charge in [-0.3, -0.25) is 4.79 Å². The van der Waals surface area contributed by atoms with Gasteiger partial charge in [0.25, 0.3) is 0 Å². The topological polar surface area (TPSA) is 57.2 Å². The van der Waals surface area contributed by atoms with E-state index in [1.807, 2.05) is 24.3 Å². The van der Waals surface area contributed by atoms with Crippen LogP contribution in [0.15, 0.2) is 66.7 Å². The SMILES string of the molecule is O=C([O-])c1ccccc1C(=O)c1ccc2c(c1)Cc1ccccc1-2. The number of carbonyl (C=O) groups excluding carboxylic acids is 2. The molecule has 3 aromatic rings. The van der Waals surface area contributed by atoms with E-state index in [4.69, 9.17) is 0 Å². The second kappa shape index (κ2) is 5.46. The summed E-state index contributed by atoms with van der Waals surface area (Å²) in [6.45, 7) is 0. The predicted octanol–water partition coefficient (Wildman–Crippen LogP) is 2.85. The molecule has 0 fully saturated rings. The van der Waals surface area contributed by atoms with E-state index in [1.165, 1.54) is 23.3 Å². The van der Waals surface area contributed by atoms with Crippen LogP contribution in [0.25, 0.3) is 11.1 Å². The van der Waals surface area contributed by atoms with Crippen molar-refractivity contribution in [3.05, 3.63) is 94.5 Å². The van der Waals surface area contributed by atoms with Crippen molar-refractivity contribution < 1.29 is 14.7 Å². The molecule has 3 nitrogen and oxygen atoms in total. The number of fused-ring (bicyclic) bond motifs is 3. The van der Waals surface area contributed by atoms with Gasteiger partial charge in [-0.1, -0.05) is 60.7 Å². The summed E-state index contributed by atoms with van der Waals surface area (Å²) in [6.07, 6.45) is 0.786. The molecule has 0 N–H and O–H groups in total. The summed E-state index contributed by atoms with van der Waals surface area (Å²) in [5.74, 6) is -1.64. The van der Waals surface area contributed by atoms with Crippen molar-refractivity contribution in [2.75, 3.05) is 0 Å². The van der Waals surface area contributed by atoms with Crippen molar-refractivity contribution >= 4 is 11.8 Å². The lowest BCUT2D eigenvalue weighted by Crippen LogP contribution is -2.25. The molecule has 0 saturated heterocycles. The van der Waals surface area contributed by atoms with Crippen molar-refractivity contribution in [1.29, 1.82) is 0 Å². The van der Waals surface area contributed by atoms with Crippen molar-refractivity contribution in [1.82, 2.24) is 0 Å². The van der Waals surface area contributed by atoms with Crippen LogP contribution in [-0.2, 0) is 6.42 Å². The van der Waals surface area contributed by atoms with Gasteiger partial charge in [0.1, 0.15) is 0 Å². The van der Waals surface area contributed by atoms with Gasteiger partial charge in [-0.2, -0.15) is 0 Å². The lowest BCUT2D eigenvalue weighted by atomic mass is 9.95. The Hall–Kier alpha value is -3.20. The Morgan fingerprint density at radius 1 is 0.750 bits per heavy atom. The summed E-state index contributed by atoms with van der Waals surface area (Å²) >= 11 is 0. The fourth-order valence-corrected chi connectivity index (χ4v) is 3.30. The Balaban J connectivity index is 1.76. The molecule has 4 rings (SSSR count). The third kappa shape index (κ3) is 2.22. The minimum Gasteiger partial charge on any atom is -0.545 e. The van der Waals surface area contributed by atoms with E-state index in [0.717, 1.165) is 17.5 Å². The maximum Gasteiger partial charge on any atom is 0.193 e. The lowest BCUT2D eigenvalue weighted by Gasteiger charge is -2.10. The minimum atomic E-state index is -1.34. The monoisotopic (exact) mass is 313 g/mol. The van der Waals surface area contributed by atoms with Gasteiger partial charge in [0.2, 0.25) is 0 Å². The number of carboxylic acids is 1. The molecule has 3 heteroatoms. The third-order valence-electron chi connectivity index (χ3n) is 4.45. The molecule has 1 aliphatic rings. The van der Waals surface area contributed by atoms with Gasteiger partial charge in [-0.25, -0.2) is 0 Å². The normalized spacial score (nSPS) is 11.7. The third-order valence-corrected chi connectivity index (χ3v) is 4.45. The van der Waals surface area contributed by atoms with Crippen LogP contribution in [0, 0.1) is 0 Å². The second-order valence-corrected chi connectivity index (χ2v) is 5.87. The Morgan fingerprint density at radius 2 is 1.42 bits per heavy atom. The Morgan fingerprint density at radius 3 is 2.21 bits per heavy atom. The molecule has 0 radical (unpaired) electrons. The standard InChI is InChI=1S/C21H14O3/c22-20(18-7-3-4-8-19(18)21(23)24)14-9-10-17-15(12-14)11-13-5-1-2-6-16(13)17/h1-10,12H,11H2,(H,23,24)/p-1. The van der Waals surface area contributed by atoms with Crippen LogP contribution >= 0.6 is 0 Å². The molecule has 116 valence electrons. The zero-order valence-electron chi connectivity index (χ0n) is 12.8. The smallest absolute Gasteiger partial charge is 0.193 e. The number of aromatic carboxylic acids is 1. The zero-order chi connectivity index (χ0) is 16.7. The van der Waals surface area contributed by atoms with Gasteiger partial charge in [-0.15, -0.1) is 0 Å². The first-order valence-electron chi connectivity index (χ1n) is 7.71. The van der Waals surface area contributed by atoms with Crippen LogP contribution in [0.5, 0.6) is 0 Å². The first-order valence-corrected chi connectivity index (χ1v) is 7.71. The number of carboxylic acid groups (broad SMARTS) is 1. The quantitative estimate of drug-likeness (QED) is 0.547. The summed E-state index contributed by atoms with van der Waals surface area (Å²) < 4.78 is 0. The molecule has 0 heterocycles. The van der Waals surface area contributed by atoms with Gasteiger partial charge in [-0.05, 0) is 34.7 Å². The predicted molar refractivity (Wildman–Crippen MR) is 88.9 cm³/mol. The highest BCUT2D eigenvalue weighted by Gasteiger charge is 2.20. The number of carbonyl (C=O) groups is 2. The number of hydrogen-bond acceptors (Lipinski definition) is 3. The van der Waals surface area contributed by atoms with Crippen LogP contribution in [-0.4, -0.2) is 11.8 Å². The summed E-state index contributed by atoms with van der Waals surface area (Å²) in [7, 11) is 0. The van der Waals surface area contributed by atoms with Gasteiger partial charge in [0.15, 0.2) is 5.78 Å². The van der Waals surface area contributed by atoms with Crippen molar-refractivity contribution in [3.8, 4) is 11.1 Å². The molecule has 0 bridgehead atoms. The molecule has 0 atom stereocenters. The number of benzene rings is 3. The Bertz CT molecular complexity index is 986. The van der Waals surface area contributed by atoms with Crippen LogP contribution < -0.4 is 5.11 Å². The average molecular weight is 313 g/mol. The molecule has 0 saturated carbocycles. The van der Waals surface area contributed by atoms with Crippen LogP contribution in [0.1, 0.15) is 37.4 Å². The van der Waals surface area contributed by atoms with Gasteiger partial charge >= 0.3 is 0 Å². The molecule has 24 heavy (non-hydrogen) atoms. The largest absolute Gasteiger partial charge is 0.545 e. The first-order chi connectivity index (χ1) is 11.6. The van der Waals surface area contributed by atoms with Gasteiger partial charge in [0, 0.05) is 16.7 Å². The van der Waals surface area contributed by atoms with Crippen LogP contribution in [0.4, 0.5) is 0 Å². The average Bonchev–Trinajstić information content (AvgIpc) is 2.98. The van der Waals surface area contributed by atoms with E-state index >= 15 is 0 Å². The second-order valence-electron chi connectivity index (χ2n) is 5.87. The highest BCUT2D eigenvalue weighted by atomic mass is 16.4. The van der Waals surface area contributed by atoms with Crippen LogP contribution in [0.3, 0.4) is 0 Å². The minimum absolute atomic E-state index is 0.0775. The van der Waals surface area contributed by atoms with Crippen molar-refractivity contribution in [3.63, 3.8) is 0 Å². The number of rotatable bonds is 3. The maximum absolute atomic E-state index is 12.8. The Kier molecular flexibility index (Phi) is 3.28. The highest BCUT2D eigenvalue weighted by Crippen LogP contribution is 2.37. The molecule has 3 aromatic carbocycles. The summed E-state index contributed by atoms with van der Waals surface area (Å²) in [5, 5.41) is 11.2. The summed E-state index contributed by atoms with van der Waals surface area (Å²) in [4.78, 5) is 24.0. The molecule has 0 spiro atoms. The summed E-state index contributed by atoms with van der Waals surface area (Å²) in [5.41, 5.74) is 5.24. The molecule has 0 aliphatic heterocycles. The van der Waals surface area contributed by atoms with Gasteiger partial charge < -0.3 is 9.90 Å². The van der Waals surface area contributed by atoms with Crippen LogP contribution in [0.2, 0.25) is 0 Å². The molecule has 0 amide bonds. The maximum atomic E-state index is 12.8. The molecular formula is C21H13O3-. The molecular weight excluding hydrogens is 300 g/mol. The number of ketones is 1. The Labute approximate surface area is 139 Å². The van der Waals surface area contributed by atoms with Crippen molar-refractivity contribution in [2.45, 2.75) is 6.42 Å². The zero-order valence-corrected chi connectivity index (χ0v) is 12.8. The van der Waals surface area contributed by atoms with E-state index in [2.05, 4.69) is 12.1 Å². The number of hydrogen-bond donors (Lipinski definition) is 0. The fraction of sp³-hybridized carbons (Fsp3) is 0.0476. The van der Waals surface area contributed by atoms with E-state index in [-0.39, 0.29) is 16.9 Å². The lowest BCUT2D eigenvalue weighted by molar-refractivity contribution is -0.255. The van der Waals surface area contributed by atoms with Gasteiger partial charge in [0.05, 0.1) is 5.97 Å². The summed E-state index contributed by atoms with van der Waals surface area (Å²) in [6, 6.07) is 19.9. The fourth-order valence-electron chi connectivity index (χ4n) is 3.30. The van der Waals surface area contributed by atoms with E-state index in [1.54, 1.807) is 18.2 Å². The van der Waals surface area contributed by atoms with E-state index < -0.39 is 5.97 Å². The molecule has 0 unspecified atom stereocenters. The molecule has 0 aromatic heterocycles. The first kappa shape index (κ1) is 14.4. The highest BCUT2D eigenvalue weighted by molar-refractivity contribution is 6.14. The van der Waals surface area contributed by atoms with E-state index in [0.29, 0.717) is 5.56 Å². The molecule has 1 aliphatic carbocycles. The van der Waals surface area contributed by atoms with E-state index in [9.17, 15) is 14.7 Å². The van der Waals surface area contributed by atoms with Crippen molar-refractivity contribution in [2.24, 2.45) is 0 Å².